The summed E-state index contributed by atoms with van der Waals surface area (Å²) in [4.78, 5) is 19.0. The third kappa shape index (κ3) is 4.12. The number of amides is 1. The number of nitrogens with one attached hydrogen (secondary N) is 1. The van der Waals surface area contributed by atoms with Crippen LogP contribution in [0.15, 0.2) is 0 Å². The molecule has 0 radical (unpaired) electrons. The molecule has 1 N–H and O–H groups in total. The molecule has 1 aliphatic carbocycles. The van der Waals surface area contributed by atoms with Crippen LogP contribution in [-0.4, -0.2) is 85.4 Å². The van der Waals surface area contributed by atoms with E-state index in [9.17, 15) is 4.79 Å². The minimum atomic E-state index is -0.149. The summed E-state index contributed by atoms with van der Waals surface area (Å²) in [5.41, 5.74) is 0. The predicted molar refractivity (Wildman–Crippen MR) is 85.7 cm³/mol. The summed E-state index contributed by atoms with van der Waals surface area (Å²) in [5, 5.41) is 3.64. The number of rotatable bonds is 4. The molecule has 0 bridgehead atoms. The molecule has 2 heterocycles. The fraction of sp³-hybridized carbons (Fsp3) is 0.938. The van der Waals surface area contributed by atoms with Crippen LogP contribution in [0, 0.1) is 5.92 Å². The van der Waals surface area contributed by atoms with Crippen LogP contribution in [0.5, 0.6) is 0 Å². The summed E-state index contributed by atoms with van der Waals surface area (Å²) in [5.74, 6) is 0.394. The molecule has 6 heteroatoms. The molecular weight excluding hydrogens is 280 g/mol. The molecule has 0 aromatic carbocycles. The van der Waals surface area contributed by atoms with Crippen LogP contribution >= 0.6 is 0 Å². The number of nitrogens with zero attached hydrogens (tertiary/aromatic N) is 3. The van der Waals surface area contributed by atoms with Crippen LogP contribution in [-0.2, 0) is 4.74 Å². The van der Waals surface area contributed by atoms with Gasteiger partial charge in [-0.25, -0.2) is 4.79 Å². The topological polar surface area (TPSA) is 48.1 Å². The molecule has 3 rings (SSSR count). The van der Waals surface area contributed by atoms with Crippen molar-refractivity contribution in [1.82, 2.24) is 20.0 Å². The highest BCUT2D eigenvalue weighted by molar-refractivity contribution is 5.67. The molecule has 126 valence electrons. The van der Waals surface area contributed by atoms with Crippen molar-refractivity contribution in [1.29, 1.82) is 0 Å². The lowest BCUT2D eigenvalue weighted by Gasteiger charge is -2.43. The second-order valence-corrected chi connectivity index (χ2v) is 7.19. The first kappa shape index (κ1) is 16.0. The lowest BCUT2D eigenvalue weighted by molar-refractivity contribution is 0.0299. The average molecular weight is 310 g/mol. The Morgan fingerprint density at radius 2 is 1.86 bits per heavy atom. The molecule has 1 amide bonds. The molecule has 1 unspecified atom stereocenters. The second kappa shape index (κ2) is 7.15. The van der Waals surface area contributed by atoms with Gasteiger partial charge in [0.15, 0.2) is 0 Å². The van der Waals surface area contributed by atoms with E-state index in [1.54, 1.807) is 0 Å². The third-order valence-corrected chi connectivity index (χ3v) is 4.80. The van der Waals surface area contributed by atoms with Crippen LogP contribution in [0.1, 0.15) is 26.7 Å². The first-order chi connectivity index (χ1) is 10.6. The van der Waals surface area contributed by atoms with Gasteiger partial charge in [-0.05, 0) is 18.8 Å². The fourth-order valence-corrected chi connectivity index (χ4v) is 3.31. The Labute approximate surface area is 133 Å². The molecule has 0 spiro atoms. The summed E-state index contributed by atoms with van der Waals surface area (Å²) in [6, 6.07) is 0.844. The van der Waals surface area contributed by atoms with Crippen LogP contribution in [0.25, 0.3) is 0 Å². The highest BCUT2D eigenvalue weighted by Gasteiger charge is 2.35. The summed E-state index contributed by atoms with van der Waals surface area (Å²) >= 11 is 0. The highest BCUT2D eigenvalue weighted by Crippen LogP contribution is 2.27. The molecule has 3 fully saturated rings. The van der Waals surface area contributed by atoms with E-state index < -0.39 is 0 Å². The smallest absolute Gasteiger partial charge is 0.409 e. The van der Waals surface area contributed by atoms with Crippen LogP contribution in [0.2, 0.25) is 0 Å². The van der Waals surface area contributed by atoms with E-state index in [0.29, 0.717) is 18.7 Å². The summed E-state index contributed by atoms with van der Waals surface area (Å²) in [6.45, 7) is 11.5. The number of carbonyl (C=O) groups excluding carboxylic acids is 1. The van der Waals surface area contributed by atoms with Crippen molar-refractivity contribution < 1.29 is 9.53 Å². The SMILES string of the molecule is CC(C)COC(=O)N1CCN(C2CN(C3CC3)CCN2)CC1. The molecule has 22 heavy (non-hydrogen) atoms. The van der Waals surface area contributed by atoms with Crippen molar-refractivity contribution in [2.45, 2.75) is 38.9 Å². The second-order valence-electron chi connectivity index (χ2n) is 7.19. The highest BCUT2D eigenvalue weighted by atomic mass is 16.6. The van der Waals surface area contributed by atoms with Crippen LogP contribution in [0.3, 0.4) is 0 Å². The van der Waals surface area contributed by atoms with Crippen LogP contribution < -0.4 is 5.32 Å². The molecule has 2 aliphatic heterocycles. The first-order valence-corrected chi connectivity index (χ1v) is 8.76. The van der Waals surface area contributed by atoms with E-state index in [1.807, 2.05) is 4.90 Å². The summed E-state index contributed by atoms with van der Waals surface area (Å²) in [6.07, 6.45) is 3.05. The Morgan fingerprint density at radius 3 is 2.50 bits per heavy atom. The molecule has 3 aliphatic rings. The zero-order chi connectivity index (χ0) is 15.5. The number of piperazine rings is 2. The first-order valence-electron chi connectivity index (χ1n) is 8.76. The Morgan fingerprint density at radius 1 is 1.14 bits per heavy atom. The van der Waals surface area contributed by atoms with Gasteiger partial charge in [0.25, 0.3) is 0 Å². The van der Waals surface area contributed by atoms with Crippen LogP contribution in [0.4, 0.5) is 4.79 Å². The zero-order valence-corrected chi connectivity index (χ0v) is 14.0. The molecule has 1 saturated carbocycles. The molecule has 1 atom stereocenters. The van der Waals surface area contributed by atoms with Gasteiger partial charge in [-0.1, -0.05) is 13.8 Å². The lowest BCUT2D eigenvalue weighted by atomic mass is 10.2. The van der Waals surface area contributed by atoms with Crippen molar-refractivity contribution in [3.63, 3.8) is 0 Å². The molecule has 6 nitrogen and oxygen atoms in total. The maximum Gasteiger partial charge on any atom is 0.409 e. The quantitative estimate of drug-likeness (QED) is 0.832. The standard InChI is InChI=1S/C16H30N4O2/c1-13(2)12-22-16(21)19-9-7-18(8-10-19)15-11-20(6-5-17-15)14-3-4-14/h13-15,17H,3-12H2,1-2H3. The normalized spacial score (nSPS) is 28.1. The third-order valence-electron chi connectivity index (χ3n) is 4.80. The average Bonchev–Trinajstić information content (AvgIpc) is 3.38. The molecule has 0 aromatic rings. The van der Waals surface area contributed by atoms with E-state index in [0.717, 1.165) is 45.3 Å². The van der Waals surface area contributed by atoms with Gasteiger partial charge in [0, 0.05) is 51.9 Å². The van der Waals surface area contributed by atoms with Gasteiger partial charge in [0.05, 0.1) is 12.8 Å². The Bertz CT molecular complexity index is 378. The van der Waals surface area contributed by atoms with Crippen molar-refractivity contribution in [2.24, 2.45) is 5.92 Å². The van der Waals surface area contributed by atoms with E-state index in [2.05, 4.69) is 29.0 Å². The summed E-state index contributed by atoms with van der Waals surface area (Å²) in [7, 11) is 0. The zero-order valence-electron chi connectivity index (χ0n) is 14.0. The van der Waals surface area contributed by atoms with Crippen molar-refractivity contribution in [3.05, 3.63) is 0 Å². The predicted octanol–water partition coefficient (Wildman–Crippen LogP) is 0.790. The largest absolute Gasteiger partial charge is 0.449 e. The van der Waals surface area contributed by atoms with E-state index >= 15 is 0 Å². The minimum absolute atomic E-state index is 0.149. The van der Waals surface area contributed by atoms with Crippen molar-refractivity contribution >= 4 is 6.09 Å². The Balaban J connectivity index is 1.42. The van der Waals surface area contributed by atoms with Gasteiger partial charge in [-0.2, -0.15) is 0 Å². The van der Waals surface area contributed by atoms with Gasteiger partial charge in [-0.3, -0.25) is 15.1 Å². The van der Waals surface area contributed by atoms with Gasteiger partial charge < -0.3 is 9.64 Å². The Kier molecular flexibility index (Phi) is 5.21. The van der Waals surface area contributed by atoms with Crippen molar-refractivity contribution in [3.8, 4) is 0 Å². The fourth-order valence-electron chi connectivity index (χ4n) is 3.31. The Hall–Kier alpha value is -0.850. The molecule has 0 aromatic heterocycles. The maximum atomic E-state index is 12.0. The number of carbonyl (C=O) groups is 1. The molecular formula is C16H30N4O2. The minimum Gasteiger partial charge on any atom is -0.449 e. The van der Waals surface area contributed by atoms with Crippen molar-refractivity contribution in [2.75, 3.05) is 52.4 Å². The number of ether oxygens (including phenoxy) is 1. The maximum absolute atomic E-state index is 12.0. The van der Waals surface area contributed by atoms with Gasteiger partial charge in [-0.15, -0.1) is 0 Å². The number of hydrogen-bond donors (Lipinski definition) is 1. The number of hydrogen-bond acceptors (Lipinski definition) is 5. The summed E-state index contributed by atoms with van der Waals surface area (Å²) < 4.78 is 5.33. The van der Waals surface area contributed by atoms with E-state index in [4.69, 9.17) is 4.74 Å². The monoisotopic (exact) mass is 310 g/mol. The lowest BCUT2D eigenvalue weighted by Crippen LogP contribution is -2.62. The molecule has 2 saturated heterocycles. The van der Waals surface area contributed by atoms with E-state index in [-0.39, 0.29) is 6.09 Å². The van der Waals surface area contributed by atoms with E-state index in [1.165, 1.54) is 19.4 Å². The van der Waals surface area contributed by atoms with Gasteiger partial charge in [0.1, 0.15) is 0 Å². The van der Waals surface area contributed by atoms with Gasteiger partial charge in [0.2, 0.25) is 0 Å². The van der Waals surface area contributed by atoms with Gasteiger partial charge >= 0.3 is 6.09 Å².